The molecule has 6 atom stereocenters. The van der Waals surface area contributed by atoms with Crippen molar-refractivity contribution in [3.8, 4) is 0 Å². The van der Waals surface area contributed by atoms with Crippen molar-refractivity contribution in [2.45, 2.75) is 70.6 Å². The van der Waals surface area contributed by atoms with Crippen molar-refractivity contribution in [2.75, 3.05) is 0 Å². The molecule has 4 rings (SSSR count). The van der Waals surface area contributed by atoms with Crippen LogP contribution in [-0.4, -0.2) is 0 Å². The summed E-state index contributed by atoms with van der Waals surface area (Å²) in [6.45, 7) is 2.23. The van der Waals surface area contributed by atoms with Gasteiger partial charge in [-0.05, 0) is 111 Å². The van der Waals surface area contributed by atoms with Crippen molar-refractivity contribution in [1.82, 2.24) is 0 Å². The Balaban J connectivity index is 1.41. The molecular weight excluding hydrogens is 343 g/mol. The number of allylic oxidation sites excluding steroid dienone is 2. The standard InChI is InChI=1S/C24H32ClF/c1-2-3-4-16-5-10-21-19(13-16)6-7-20-14-17(8-11-22(20)21)18-9-12-23(25)24(26)15-18/h3-4,9,12,15-17,19-22H,2,5-8,10-11,13-14H2,1H3/b4-3+. The first-order chi connectivity index (χ1) is 12.7. The lowest BCUT2D eigenvalue weighted by Gasteiger charge is -2.50. The summed E-state index contributed by atoms with van der Waals surface area (Å²) in [7, 11) is 0. The van der Waals surface area contributed by atoms with E-state index in [0.29, 0.717) is 5.92 Å². The van der Waals surface area contributed by atoms with Gasteiger partial charge in [-0.3, -0.25) is 0 Å². The van der Waals surface area contributed by atoms with E-state index in [2.05, 4.69) is 19.1 Å². The number of hydrogen-bond donors (Lipinski definition) is 0. The molecule has 3 saturated carbocycles. The molecule has 0 heterocycles. The van der Waals surface area contributed by atoms with Crippen LogP contribution in [0.3, 0.4) is 0 Å². The molecule has 0 aliphatic heterocycles. The Morgan fingerprint density at radius 2 is 1.73 bits per heavy atom. The fraction of sp³-hybridized carbons (Fsp3) is 0.667. The van der Waals surface area contributed by atoms with Crippen LogP contribution in [0.5, 0.6) is 0 Å². The maximum absolute atomic E-state index is 13.9. The Morgan fingerprint density at radius 1 is 1.00 bits per heavy atom. The van der Waals surface area contributed by atoms with E-state index in [1.165, 1.54) is 63.4 Å². The van der Waals surface area contributed by atoms with Crippen molar-refractivity contribution in [2.24, 2.45) is 29.6 Å². The number of fused-ring (bicyclic) bond motifs is 3. The second-order valence-electron chi connectivity index (χ2n) is 9.02. The normalized spacial score (nSPS) is 37.3. The summed E-state index contributed by atoms with van der Waals surface area (Å²) in [6, 6.07) is 5.47. The van der Waals surface area contributed by atoms with Crippen LogP contribution in [0.15, 0.2) is 30.4 Å². The van der Waals surface area contributed by atoms with Gasteiger partial charge in [-0.1, -0.05) is 36.7 Å². The highest BCUT2D eigenvalue weighted by molar-refractivity contribution is 6.30. The van der Waals surface area contributed by atoms with E-state index in [1.54, 1.807) is 12.1 Å². The monoisotopic (exact) mass is 374 g/mol. The first-order valence-electron chi connectivity index (χ1n) is 10.8. The van der Waals surface area contributed by atoms with E-state index in [9.17, 15) is 4.39 Å². The number of hydrogen-bond acceptors (Lipinski definition) is 0. The zero-order chi connectivity index (χ0) is 18.1. The first kappa shape index (κ1) is 18.5. The van der Waals surface area contributed by atoms with Gasteiger partial charge in [-0.2, -0.15) is 0 Å². The fourth-order valence-corrected chi connectivity index (χ4v) is 6.52. The number of benzene rings is 1. The van der Waals surface area contributed by atoms with E-state index in [0.717, 1.165) is 29.6 Å². The van der Waals surface area contributed by atoms with Gasteiger partial charge in [0.05, 0.1) is 5.02 Å². The molecule has 0 N–H and O–H groups in total. The van der Waals surface area contributed by atoms with Crippen molar-refractivity contribution in [3.05, 3.63) is 46.8 Å². The molecule has 0 amide bonds. The Labute approximate surface area is 163 Å². The van der Waals surface area contributed by atoms with E-state index in [-0.39, 0.29) is 10.8 Å². The third kappa shape index (κ3) is 3.75. The number of rotatable bonds is 3. The van der Waals surface area contributed by atoms with Gasteiger partial charge in [0, 0.05) is 0 Å². The summed E-state index contributed by atoms with van der Waals surface area (Å²) < 4.78 is 13.9. The summed E-state index contributed by atoms with van der Waals surface area (Å²) in [5.41, 5.74) is 1.17. The lowest BCUT2D eigenvalue weighted by Crippen LogP contribution is -2.41. The average molecular weight is 375 g/mol. The van der Waals surface area contributed by atoms with Crippen LogP contribution in [0.1, 0.15) is 76.2 Å². The molecule has 3 aliphatic carbocycles. The molecular formula is C24H32ClF. The van der Waals surface area contributed by atoms with Crippen LogP contribution in [0.4, 0.5) is 4.39 Å². The molecule has 3 aliphatic rings. The third-order valence-electron chi connectivity index (χ3n) is 7.64. The minimum absolute atomic E-state index is 0.247. The van der Waals surface area contributed by atoms with Crippen LogP contribution in [0.25, 0.3) is 0 Å². The smallest absolute Gasteiger partial charge is 0.142 e. The van der Waals surface area contributed by atoms with Gasteiger partial charge in [-0.15, -0.1) is 0 Å². The molecule has 142 valence electrons. The minimum atomic E-state index is -0.256. The van der Waals surface area contributed by atoms with Crippen LogP contribution in [0.2, 0.25) is 5.02 Å². The van der Waals surface area contributed by atoms with Gasteiger partial charge in [0.25, 0.3) is 0 Å². The molecule has 6 unspecified atom stereocenters. The van der Waals surface area contributed by atoms with Gasteiger partial charge in [0.2, 0.25) is 0 Å². The van der Waals surface area contributed by atoms with Crippen molar-refractivity contribution in [3.63, 3.8) is 0 Å². The topological polar surface area (TPSA) is 0 Å². The third-order valence-corrected chi connectivity index (χ3v) is 7.95. The average Bonchev–Trinajstić information content (AvgIpc) is 2.67. The molecule has 2 heteroatoms. The highest BCUT2D eigenvalue weighted by Crippen LogP contribution is 2.54. The van der Waals surface area contributed by atoms with Crippen molar-refractivity contribution >= 4 is 11.6 Å². The van der Waals surface area contributed by atoms with Gasteiger partial charge in [-0.25, -0.2) is 4.39 Å². The molecule has 0 spiro atoms. The zero-order valence-electron chi connectivity index (χ0n) is 16.0. The lowest BCUT2D eigenvalue weighted by molar-refractivity contribution is 0.0127. The summed E-state index contributed by atoms with van der Waals surface area (Å²) in [4.78, 5) is 0. The maximum Gasteiger partial charge on any atom is 0.142 e. The van der Waals surface area contributed by atoms with Crippen LogP contribution >= 0.6 is 11.6 Å². The first-order valence-corrected chi connectivity index (χ1v) is 11.1. The molecule has 1 aromatic rings. The minimum Gasteiger partial charge on any atom is -0.205 e. The summed E-state index contributed by atoms with van der Waals surface area (Å²) >= 11 is 5.87. The highest BCUT2D eigenvalue weighted by atomic mass is 35.5. The van der Waals surface area contributed by atoms with Gasteiger partial charge in [0.1, 0.15) is 5.82 Å². The Bertz CT molecular complexity index is 652. The maximum atomic E-state index is 13.9. The lowest BCUT2D eigenvalue weighted by atomic mass is 9.55. The Morgan fingerprint density at radius 3 is 2.46 bits per heavy atom. The molecule has 0 aromatic heterocycles. The molecule has 3 fully saturated rings. The Hall–Kier alpha value is -0.820. The zero-order valence-corrected chi connectivity index (χ0v) is 16.7. The van der Waals surface area contributed by atoms with Crippen LogP contribution < -0.4 is 0 Å². The predicted molar refractivity (Wildman–Crippen MR) is 108 cm³/mol. The molecule has 0 bridgehead atoms. The predicted octanol–water partition coefficient (Wildman–Crippen LogP) is 7.77. The quantitative estimate of drug-likeness (QED) is 0.474. The van der Waals surface area contributed by atoms with Crippen LogP contribution in [-0.2, 0) is 0 Å². The summed E-state index contributed by atoms with van der Waals surface area (Å²) in [5, 5.41) is 0.247. The largest absolute Gasteiger partial charge is 0.205 e. The van der Waals surface area contributed by atoms with Gasteiger partial charge in [0.15, 0.2) is 0 Å². The molecule has 1 aromatic carbocycles. The molecule has 0 radical (unpaired) electrons. The van der Waals surface area contributed by atoms with E-state index < -0.39 is 0 Å². The second-order valence-corrected chi connectivity index (χ2v) is 9.43. The molecule has 0 saturated heterocycles. The Kier molecular flexibility index (Phi) is 5.74. The summed E-state index contributed by atoms with van der Waals surface area (Å²) in [5.74, 6) is 4.82. The fourth-order valence-electron chi connectivity index (χ4n) is 6.40. The van der Waals surface area contributed by atoms with E-state index >= 15 is 0 Å². The highest BCUT2D eigenvalue weighted by Gasteiger charge is 2.44. The van der Waals surface area contributed by atoms with E-state index in [1.807, 2.05) is 6.07 Å². The van der Waals surface area contributed by atoms with Crippen molar-refractivity contribution in [1.29, 1.82) is 0 Å². The van der Waals surface area contributed by atoms with Gasteiger partial charge >= 0.3 is 0 Å². The summed E-state index contributed by atoms with van der Waals surface area (Å²) in [6.07, 6.45) is 16.9. The van der Waals surface area contributed by atoms with Crippen molar-refractivity contribution < 1.29 is 4.39 Å². The van der Waals surface area contributed by atoms with Gasteiger partial charge < -0.3 is 0 Å². The second kappa shape index (κ2) is 8.05. The van der Waals surface area contributed by atoms with Crippen LogP contribution in [0, 0.1) is 35.4 Å². The molecule has 26 heavy (non-hydrogen) atoms. The molecule has 0 nitrogen and oxygen atoms in total. The SMILES string of the molecule is CC/C=C/C1CCC2C(CCC3CC(c4ccc(Cl)c(F)c4)CCC32)C1. The number of halogens is 2. The van der Waals surface area contributed by atoms with E-state index in [4.69, 9.17) is 11.6 Å².